The lowest BCUT2D eigenvalue weighted by Gasteiger charge is -2.13. The molecule has 5 nitrogen and oxygen atoms in total. The van der Waals surface area contributed by atoms with E-state index in [2.05, 4.69) is 10.3 Å². The van der Waals surface area contributed by atoms with Gasteiger partial charge in [-0.15, -0.1) is 0 Å². The van der Waals surface area contributed by atoms with Gasteiger partial charge in [-0.3, -0.25) is 0 Å². The van der Waals surface area contributed by atoms with Gasteiger partial charge >= 0.3 is 0 Å². The Morgan fingerprint density at radius 3 is 2.82 bits per heavy atom. The van der Waals surface area contributed by atoms with Crippen LogP contribution in [-0.4, -0.2) is 29.3 Å². The molecule has 0 amide bonds. The molecule has 0 aliphatic rings. The van der Waals surface area contributed by atoms with Crippen LogP contribution in [0, 0.1) is 23.0 Å². The summed E-state index contributed by atoms with van der Waals surface area (Å²) in [6, 6.07) is 8.22. The number of nitrogens with one attached hydrogen (secondary N) is 1. The number of nitrogens with zero attached hydrogens (tertiary/aromatic N) is 2. The molecule has 2 N–H and O–H groups in total. The molecular weight excluding hydrogens is 292 g/mol. The number of nitriles is 1. The van der Waals surface area contributed by atoms with E-state index in [1.165, 1.54) is 12.3 Å². The molecule has 0 saturated carbocycles. The lowest BCUT2D eigenvalue weighted by molar-refractivity contribution is 0.117. The fourth-order valence-corrected chi connectivity index (χ4v) is 1.64. The van der Waals surface area contributed by atoms with E-state index in [0.717, 1.165) is 12.1 Å². The van der Waals surface area contributed by atoms with Gasteiger partial charge in [-0.1, -0.05) is 0 Å². The number of rotatable bonds is 6. The number of hydrogen-bond donors (Lipinski definition) is 2. The monoisotopic (exact) mass is 305 g/mol. The van der Waals surface area contributed by atoms with Crippen molar-refractivity contribution in [1.82, 2.24) is 4.98 Å². The molecule has 2 rings (SSSR count). The topological polar surface area (TPSA) is 78.2 Å². The minimum absolute atomic E-state index is 0.101. The summed E-state index contributed by atoms with van der Waals surface area (Å²) in [7, 11) is 0. The maximum atomic E-state index is 13.0. The number of anilines is 1. The van der Waals surface area contributed by atoms with E-state index in [4.69, 9.17) is 10.00 Å². The second-order valence-corrected chi connectivity index (χ2v) is 4.46. The molecular formula is C15H13F2N3O2. The van der Waals surface area contributed by atoms with Gasteiger partial charge in [0.25, 0.3) is 0 Å². The van der Waals surface area contributed by atoms with Gasteiger partial charge in [0.2, 0.25) is 0 Å². The first-order valence-corrected chi connectivity index (χ1v) is 6.44. The van der Waals surface area contributed by atoms with E-state index in [9.17, 15) is 13.9 Å². The molecule has 1 atom stereocenters. The quantitative estimate of drug-likeness (QED) is 0.854. The summed E-state index contributed by atoms with van der Waals surface area (Å²) in [6.07, 6.45) is 0.589. The Morgan fingerprint density at radius 2 is 2.09 bits per heavy atom. The van der Waals surface area contributed by atoms with Crippen molar-refractivity contribution in [2.75, 3.05) is 18.5 Å². The molecule has 1 aromatic carbocycles. The average Bonchev–Trinajstić information content (AvgIpc) is 2.54. The van der Waals surface area contributed by atoms with Crippen molar-refractivity contribution in [2.24, 2.45) is 0 Å². The van der Waals surface area contributed by atoms with E-state index in [0.29, 0.717) is 11.4 Å². The van der Waals surface area contributed by atoms with Gasteiger partial charge in [0.1, 0.15) is 24.3 Å². The van der Waals surface area contributed by atoms with Crippen LogP contribution in [0.3, 0.4) is 0 Å². The van der Waals surface area contributed by atoms with Crippen molar-refractivity contribution >= 4 is 5.82 Å². The van der Waals surface area contributed by atoms with E-state index in [-0.39, 0.29) is 18.9 Å². The van der Waals surface area contributed by atoms with Crippen LogP contribution in [0.2, 0.25) is 0 Å². The molecule has 0 aliphatic heterocycles. The molecule has 0 aliphatic carbocycles. The summed E-state index contributed by atoms with van der Waals surface area (Å²) in [6.45, 7) is 0.0293. The van der Waals surface area contributed by atoms with Crippen molar-refractivity contribution in [3.8, 4) is 11.8 Å². The molecule has 1 heterocycles. The van der Waals surface area contributed by atoms with Crippen LogP contribution in [0.5, 0.6) is 5.75 Å². The van der Waals surface area contributed by atoms with Crippen LogP contribution >= 0.6 is 0 Å². The van der Waals surface area contributed by atoms with Crippen LogP contribution in [-0.2, 0) is 0 Å². The number of aromatic nitrogens is 1. The Kier molecular flexibility index (Phi) is 5.22. The van der Waals surface area contributed by atoms with Crippen LogP contribution in [0.15, 0.2) is 36.5 Å². The number of halogens is 2. The molecule has 0 spiro atoms. The second-order valence-electron chi connectivity index (χ2n) is 4.46. The summed E-state index contributed by atoms with van der Waals surface area (Å²) < 4.78 is 30.9. The molecule has 2 aromatic rings. The Bertz CT molecular complexity index is 689. The Balaban J connectivity index is 1.81. The third-order valence-electron chi connectivity index (χ3n) is 2.74. The minimum atomic E-state index is -1.01. The van der Waals surface area contributed by atoms with Gasteiger partial charge in [0.15, 0.2) is 11.6 Å². The number of benzene rings is 1. The number of hydrogen-bond acceptors (Lipinski definition) is 5. The zero-order valence-corrected chi connectivity index (χ0v) is 11.5. The largest absolute Gasteiger partial charge is 0.491 e. The summed E-state index contributed by atoms with van der Waals surface area (Å²) in [5, 5.41) is 21.4. The van der Waals surface area contributed by atoms with Gasteiger partial charge in [0.05, 0.1) is 11.6 Å². The molecule has 0 radical (unpaired) electrons. The van der Waals surface area contributed by atoms with Crippen LogP contribution in [0.1, 0.15) is 5.56 Å². The average molecular weight is 305 g/mol. The molecule has 114 valence electrons. The van der Waals surface area contributed by atoms with Crippen molar-refractivity contribution in [1.29, 1.82) is 5.26 Å². The summed E-state index contributed by atoms with van der Waals surface area (Å²) in [5.41, 5.74) is 0.449. The molecule has 1 unspecified atom stereocenters. The molecule has 0 fully saturated rings. The van der Waals surface area contributed by atoms with E-state index < -0.39 is 17.7 Å². The lowest BCUT2D eigenvalue weighted by Crippen LogP contribution is -2.26. The zero-order valence-electron chi connectivity index (χ0n) is 11.5. The maximum Gasteiger partial charge on any atom is 0.162 e. The Hall–Kier alpha value is -2.72. The molecule has 0 saturated heterocycles. The highest BCUT2D eigenvalue weighted by atomic mass is 19.2. The highest BCUT2D eigenvalue weighted by Crippen LogP contribution is 2.15. The third kappa shape index (κ3) is 4.40. The summed E-state index contributed by atoms with van der Waals surface area (Å²) >= 11 is 0. The van der Waals surface area contributed by atoms with Gasteiger partial charge in [-0.05, 0) is 24.3 Å². The number of ether oxygens (including phenoxy) is 1. The predicted molar refractivity (Wildman–Crippen MR) is 75.3 cm³/mol. The lowest BCUT2D eigenvalue weighted by atomic mass is 10.3. The maximum absolute atomic E-state index is 13.0. The van der Waals surface area contributed by atoms with Gasteiger partial charge in [-0.2, -0.15) is 5.26 Å². The first-order chi connectivity index (χ1) is 10.6. The van der Waals surface area contributed by atoms with Crippen LogP contribution < -0.4 is 10.1 Å². The van der Waals surface area contributed by atoms with Crippen molar-refractivity contribution in [2.45, 2.75) is 6.10 Å². The standard InChI is InChI=1S/C15H13F2N3O2/c16-13-2-1-12(6-14(13)17)22-9-11(21)8-20-15-5-10(7-18)3-4-19-15/h1-6,11,21H,8-9H2,(H,19,20). The fraction of sp³-hybridized carbons (Fsp3) is 0.200. The Morgan fingerprint density at radius 1 is 1.27 bits per heavy atom. The molecule has 22 heavy (non-hydrogen) atoms. The fourth-order valence-electron chi connectivity index (χ4n) is 1.64. The smallest absolute Gasteiger partial charge is 0.162 e. The minimum Gasteiger partial charge on any atom is -0.491 e. The van der Waals surface area contributed by atoms with E-state index >= 15 is 0 Å². The van der Waals surface area contributed by atoms with Gasteiger partial charge < -0.3 is 15.2 Å². The zero-order chi connectivity index (χ0) is 15.9. The van der Waals surface area contributed by atoms with Crippen molar-refractivity contribution < 1.29 is 18.6 Å². The third-order valence-corrected chi connectivity index (χ3v) is 2.74. The van der Waals surface area contributed by atoms with Gasteiger partial charge in [-0.25, -0.2) is 13.8 Å². The first kappa shape index (κ1) is 15.7. The second kappa shape index (κ2) is 7.33. The van der Waals surface area contributed by atoms with E-state index in [1.54, 1.807) is 12.1 Å². The molecule has 7 heteroatoms. The molecule has 1 aromatic heterocycles. The first-order valence-electron chi connectivity index (χ1n) is 6.44. The normalized spacial score (nSPS) is 11.5. The summed E-state index contributed by atoms with van der Waals surface area (Å²) in [5.74, 6) is -1.39. The Labute approximate surface area is 125 Å². The number of pyridine rings is 1. The van der Waals surface area contributed by atoms with E-state index in [1.807, 2.05) is 6.07 Å². The van der Waals surface area contributed by atoms with Crippen LogP contribution in [0.4, 0.5) is 14.6 Å². The summed E-state index contributed by atoms with van der Waals surface area (Å²) in [4.78, 5) is 3.99. The van der Waals surface area contributed by atoms with Crippen molar-refractivity contribution in [3.05, 3.63) is 53.7 Å². The van der Waals surface area contributed by atoms with Crippen LogP contribution in [0.25, 0.3) is 0 Å². The predicted octanol–water partition coefficient (Wildman–Crippen LogP) is 2.08. The number of aliphatic hydroxyl groups is 1. The van der Waals surface area contributed by atoms with Gasteiger partial charge in [0, 0.05) is 18.8 Å². The molecule has 0 bridgehead atoms. The SMILES string of the molecule is N#Cc1ccnc(NCC(O)COc2ccc(F)c(F)c2)c1. The highest BCUT2D eigenvalue weighted by molar-refractivity contribution is 5.42. The highest BCUT2D eigenvalue weighted by Gasteiger charge is 2.08. The van der Waals surface area contributed by atoms with Crippen molar-refractivity contribution in [3.63, 3.8) is 0 Å². The number of aliphatic hydroxyl groups excluding tert-OH is 1.